The van der Waals surface area contributed by atoms with E-state index in [0.29, 0.717) is 13.1 Å². The van der Waals surface area contributed by atoms with Gasteiger partial charge in [-0.3, -0.25) is 9.59 Å². The Balaban J connectivity index is 1.87. The molecule has 0 saturated heterocycles. The molecule has 0 unspecified atom stereocenters. The number of carbonyl (C=O) groups is 2. The number of methoxy groups -OCH3 is 1. The van der Waals surface area contributed by atoms with E-state index in [4.69, 9.17) is 4.74 Å². The molecule has 2 heterocycles. The lowest BCUT2D eigenvalue weighted by atomic mass is 9.93. The van der Waals surface area contributed by atoms with Crippen molar-refractivity contribution in [3.05, 3.63) is 51.7 Å². The summed E-state index contributed by atoms with van der Waals surface area (Å²) in [7, 11) is 1.65. The number of unbranched alkanes of at least 4 members (excludes halogenated alkanes) is 1. The van der Waals surface area contributed by atoms with Gasteiger partial charge in [-0.1, -0.05) is 39.3 Å². The largest absolute Gasteiger partial charge is 0.497 e. The van der Waals surface area contributed by atoms with Crippen molar-refractivity contribution in [1.82, 2.24) is 9.80 Å². The van der Waals surface area contributed by atoms with E-state index >= 15 is 0 Å². The number of amides is 2. The van der Waals surface area contributed by atoms with Gasteiger partial charge in [-0.2, -0.15) is 0 Å². The summed E-state index contributed by atoms with van der Waals surface area (Å²) in [6.07, 6.45) is 2.76. The van der Waals surface area contributed by atoms with E-state index in [1.54, 1.807) is 23.3 Å². The van der Waals surface area contributed by atoms with Crippen LogP contribution < -0.4 is 4.74 Å². The van der Waals surface area contributed by atoms with Crippen molar-refractivity contribution in [2.75, 3.05) is 26.7 Å². The van der Waals surface area contributed by atoms with Gasteiger partial charge in [0.25, 0.3) is 0 Å². The van der Waals surface area contributed by atoms with Crippen molar-refractivity contribution in [2.24, 2.45) is 5.92 Å². The highest BCUT2D eigenvalue weighted by Gasteiger charge is 2.34. The SMILES string of the molecule is CCCCN(CC(=O)N1CCc2sccc2[C@@H]1c1ccc(OC)cc1)C(=O)C(C)C. The molecule has 2 amide bonds. The number of carbonyl (C=O) groups excluding carboxylic acids is 2. The van der Waals surface area contributed by atoms with Crippen molar-refractivity contribution in [1.29, 1.82) is 0 Å². The van der Waals surface area contributed by atoms with Crippen LogP contribution in [-0.2, 0) is 16.0 Å². The van der Waals surface area contributed by atoms with Gasteiger partial charge in [-0.15, -0.1) is 11.3 Å². The van der Waals surface area contributed by atoms with Crippen LogP contribution in [0.3, 0.4) is 0 Å². The molecule has 1 aromatic heterocycles. The molecule has 0 saturated carbocycles. The van der Waals surface area contributed by atoms with Crippen LogP contribution in [0.15, 0.2) is 35.7 Å². The van der Waals surface area contributed by atoms with Crippen molar-refractivity contribution in [3.63, 3.8) is 0 Å². The second kappa shape index (κ2) is 10.1. The molecule has 0 aliphatic carbocycles. The van der Waals surface area contributed by atoms with Gasteiger partial charge in [0.15, 0.2) is 0 Å². The highest BCUT2D eigenvalue weighted by molar-refractivity contribution is 7.10. The monoisotopic (exact) mass is 428 g/mol. The van der Waals surface area contributed by atoms with Gasteiger partial charge in [0.2, 0.25) is 11.8 Å². The molecule has 0 radical (unpaired) electrons. The maximum atomic E-state index is 13.4. The number of hydrogen-bond donors (Lipinski definition) is 0. The Hall–Kier alpha value is -2.34. The first-order valence-electron chi connectivity index (χ1n) is 10.7. The Labute approximate surface area is 183 Å². The Morgan fingerprint density at radius 3 is 2.60 bits per heavy atom. The predicted molar refractivity (Wildman–Crippen MR) is 121 cm³/mol. The number of ether oxygens (including phenoxy) is 1. The van der Waals surface area contributed by atoms with E-state index < -0.39 is 0 Å². The second-order valence-corrected chi connectivity index (χ2v) is 9.08. The molecule has 0 bridgehead atoms. The first kappa shape index (κ1) is 22.3. The van der Waals surface area contributed by atoms with Crippen molar-refractivity contribution in [3.8, 4) is 5.75 Å². The van der Waals surface area contributed by atoms with E-state index in [0.717, 1.165) is 30.6 Å². The topological polar surface area (TPSA) is 49.9 Å². The summed E-state index contributed by atoms with van der Waals surface area (Å²) in [5, 5.41) is 2.10. The maximum Gasteiger partial charge on any atom is 0.242 e. The van der Waals surface area contributed by atoms with Crippen LogP contribution >= 0.6 is 11.3 Å². The molecule has 5 nitrogen and oxygen atoms in total. The fourth-order valence-corrected chi connectivity index (χ4v) is 4.87. The molecule has 1 aliphatic heterocycles. The Morgan fingerprint density at radius 1 is 1.23 bits per heavy atom. The molecule has 1 atom stereocenters. The fraction of sp³-hybridized carbons (Fsp3) is 0.500. The minimum absolute atomic E-state index is 0.0118. The van der Waals surface area contributed by atoms with Crippen LogP contribution in [0.1, 0.15) is 55.7 Å². The summed E-state index contributed by atoms with van der Waals surface area (Å²) in [5.74, 6) is 0.743. The Morgan fingerprint density at radius 2 is 1.97 bits per heavy atom. The quantitative estimate of drug-likeness (QED) is 0.621. The summed E-state index contributed by atoms with van der Waals surface area (Å²) in [6.45, 7) is 7.32. The number of rotatable bonds is 8. The molecule has 1 aromatic carbocycles. The van der Waals surface area contributed by atoms with Crippen LogP contribution in [0.2, 0.25) is 0 Å². The van der Waals surface area contributed by atoms with Gasteiger partial charge in [-0.25, -0.2) is 0 Å². The number of fused-ring (bicyclic) bond motifs is 1. The zero-order valence-electron chi connectivity index (χ0n) is 18.4. The third-order valence-corrected chi connectivity index (χ3v) is 6.63. The lowest BCUT2D eigenvalue weighted by Gasteiger charge is -2.38. The fourth-order valence-electron chi connectivity index (χ4n) is 3.97. The van der Waals surface area contributed by atoms with Gasteiger partial charge >= 0.3 is 0 Å². The zero-order valence-corrected chi connectivity index (χ0v) is 19.2. The molecule has 6 heteroatoms. The van der Waals surface area contributed by atoms with Crippen LogP contribution in [0.25, 0.3) is 0 Å². The second-order valence-electron chi connectivity index (χ2n) is 8.08. The summed E-state index contributed by atoms with van der Waals surface area (Å²) in [6, 6.07) is 9.95. The lowest BCUT2D eigenvalue weighted by molar-refractivity contribution is -0.143. The van der Waals surface area contributed by atoms with Gasteiger partial charge < -0.3 is 14.5 Å². The first-order chi connectivity index (χ1) is 14.5. The minimum Gasteiger partial charge on any atom is -0.497 e. The minimum atomic E-state index is -0.124. The van der Waals surface area contributed by atoms with E-state index in [-0.39, 0.29) is 30.3 Å². The van der Waals surface area contributed by atoms with Gasteiger partial charge in [0, 0.05) is 23.9 Å². The molecular weight excluding hydrogens is 396 g/mol. The Kier molecular flexibility index (Phi) is 7.53. The summed E-state index contributed by atoms with van der Waals surface area (Å²) < 4.78 is 5.30. The molecule has 0 N–H and O–H groups in total. The standard InChI is InChI=1S/C24H32N2O3S/c1-5-6-13-25(24(28)17(2)3)16-22(27)26-14-11-21-20(12-15-30-21)23(26)18-7-9-19(29-4)10-8-18/h7-10,12,15,17,23H,5-6,11,13-14,16H2,1-4H3/t23-/m0/s1. The predicted octanol–water partition coefficient (Wildman–Crippen LogP) is 4.52. The van der Waals surface area contributed by atoms with E-state index in [2.05, 4.69) is 18.4 Å². The molecule has 2 aromatic rings. The molecule has 30 heavy (non-hydrogen) atoms. The molecular formula is C24H32N2O3S. The highest BCUT2D eigenvalue weighted by atomic mass is 32.1. The van der Waals surface area contributed by atoms with Crippen LogP contribution in [-0.4, -0.2) is 48.4 Å². The Bertz CT molecular complexity index is 860. The smallest absolute Gasteiger partial charge is 0.242 e. The molecule has 3 rings (SSSR count). The molecule has 0 spiro atoms. The van der Waals surface area contributed by atoms with Crippen LogP contribution in [0.4, 0.5) is 0 Å². The van der Waals surface area contributed by atoms with E-state index in [1.165, 1.54) is 10.4 Å². The molecule has 0 fully saturated rings. The summed E-state index contributed by atoms with van der Waals surface area (Å²) in [4.78, 5) is 31.2. The van der Waals surface area contributed by atoms with E-state index in [1.807, 2.05) is 43.0 Å². The normalized spacial score (nSPS) is 15.8. The average Bonchev–Trinajstić information content (AvgIpc) is 3.24. The van der Waals surface area contributed by atoms with Crippen LogP contribution in [0.5, 0.6) is 5.75 Å². The van der Waals surface area contributed by atoms with Gasteiger partial charge in [-0.05, 0) is 47.5 Å². The van der Waals surface area contributed by atoms with Crippen LogP contribution in [0, 0.1) is 5.92 Å². The summed E-state index contributed by atoms with van der Waals surface area (Å²) in [5.41, 5.74) is 2.26. The number of hydrogen-bond acceptors (Lipinski definition) is 4. The number of thiophene rings is 1. The maximum absolute atomic E-state index is 13.4. The summed E-state index contributed by atoms with van der Waals surface area (Å²) >= 11 is 1.75. The lowest BCUT2D eigenvalue weighted by Crippen LogP contribution is -2.47. The van der Waals surface area contributed by atoms with Crippen molar-refractivity contribution >= 4 is 23.2 Å². The third kappa shape index (κ3) is 4.86. The zero-order chi connectivity index (χ0) is 21.7. The third-order valence-electron chi connectivity index (χ3n) is 5.63. The van der Waals surface area contributed by atoms with Gasteiger partial charge in [0.1, 0.15) is 5.75 Å². The van der Waals surface area contributed by atoms with Gasteiger partial charge in [0.05, 0.1) is 19.7 Å². The first-order valence-corrected chi connectivity index (χ1v) is 11.6. The number of nitrogens with zero attached hydrogens (tertiary/aromatic N) is 2. The highest BCUT2D eigenvalue weighted by Crippen LogP contribution is 2.38. The molecule has 1 aliphatic rings. The molecule has 162 valence electrons. The van der Waals surface area contributed by atoms with E-state index in [9.17, 15) is 9.59 Å². The van der Waals surface area contributed by atoms with Crippen molar-refractivity contribution in [2.45, 2.75) is 46.1 Å². The van der Waals surface area contributed by atoms with Crippen molar-refractivity contribution < 1.29 is 14.3 Å². The average molecular weight is 429 g/mol. The number of benzene rings is 1.